The molecule has 0 aliphatic rings. The molecular formula is C8H6BrFN2. The smallest absolute Gasteiger partial charge is 0.148 e. The van der Waals surface area contributed by atoms with Crippen LogP contribution in [0.15, 0.2) is 22.8 Å². The lowest BCUT2D eigenvalue weighted by Gasteiger charge is -1.96. The van der Waals surface area contributed by atoms with Gasteiger partial charge in [0, 0.05) is 27.6 Å². The van der Waals surface area contributed by atoms with E-state index < -0.39 is 5.82 Å². The molecule has 62 valence electrons. The molecule has 1 heterocycles. The lowest BCUT2D eigenvalue weighted by Crippen LogP contribution is -1.89. The molecule has 2 aromatic rings. The number of fused-ring (bicyclic) bond motifs is 1. The molecule has 0 fully saturated rings. The van der Waals surface area contributed by atoms with E-state index in [1.807, 2.05) is 0 Å². The van der Waals surface area contributed by atoms with E-state index in [0.29, 0.717) is 0 Å². The molecule has 0 unspecified atom stereocenters. The molecule has 0 bridgehead atoms. The van der Waals surface area contributed by atoms with Crippen molar-refractivity contribution in [2.24, 2.45) is 0 Å². The molecule has 1 aromatic heterocycles. The van der Waals surface area contributed by atoms with Crippen LogP contribution in [0, 0.1) is 5.82 Å². The third kappa shape index (κ3) is 0.992. The van der Waals surface area contributed by atoms with Crippen molar-refractivity contribution in [3.05, 3.63) is 28.6 Å². The molecule has 12 heavy (non-hydrogen) atoms. The molecule has 1 aromatic carbocycles. The topological polar surface area (TPSA) is 41.8 Å². The number of rotatable bonds is 0. The summed E-state index contributed by atoms with van der Waals surface area (Å²) in [5.74, 6) is -0.392. The molecule has 0 aliphatic heterocycles. The summed E-state index contributed by atoms with van der Waals surface area (Å²) in [6.07, 6.45) is 1.75. The Morgan fingerprint density at radius 3 is 2.92 bits per heavy atom. The van der Waals surface area contributed by atoms with Crippen molar-refractivity contribution in [3.63, 3.8) is 0 Å². The summed E-state index contributed by atoms with van der Waals surface area (Å²) >= 11 is 3.32. The van der Waals surface area contributed by atoms with Crippen LogP contribution in [-0.4, -0.2) is 4.98 Å². The Kier molecular flexibility index (Phi) is 1.58. The van der Waals surface area contributed by atoms with Gasteiger partial charge < -0.3 is 10.7 Å². The second-order valence-corrected chi connectivity index (χ2v) is 3.41. The van der Waals surface area contributed by atoms with Crippen molar-refractivity contribution in [1.82, 2.24) is 4.98 Å². The molecular weight excluding hydrogens is 223 g/mol. The Morgan fingerprint density at radius 1 is 1.42 bits per heavy atom. The predicted molar refractivity (Wildman–Crippen MR) is 50.4 cm³/mol. The van der Waals surface area contributed by atoms with E-state index in [1.165, 1.54) is 6.07 Å². The predicted octanol–water partition coefficient (Wildman–Crippen LogP) is 2.65. The third-order valence-corrected chi connectivity index (χ3v) is 2.40. The normalized spacial score (nSPS) is 10.8. The molecule has 2 rings (SSSR count). The van der Waals surface area contributed by atoms with E-state index in [2.05, 4.69) is 20.9 Å². The van der Waals surface area contributed by atoms with Gasteiger partial charge in [0.2, 0.25) is 0 Å². The Balaban J connectivity index is 2.87. The van der Waals surface area contributed by atoms with E-state index in [-0.39, 0.29) is 5.69 Å². The maximum absolute atomic E-state index is 12.9. The van der Waals surface area contributed by atoms with Crippen LogP contribution < -0.4 is 5.73 Å². The molecule has 0 saturated carbocycles. The molecule has 0 atom stereocenters. The van der Waals surface area contributed by atoms with Crippen LogP contribution in [0.25, 0.3) is 10.9 Å². The first-order chi connectivity index (χ1) is 5.68. The van der Waals surface area contributed by atoms with Crippen molar-refractivity contribution in [2.45, 2.75) is 0 Å². The third-order valence-electron chi connectivity index (χ3n) is 1.75. The number of anilines is 1. The minimum atomic E-state index is -0.392. The van der Waals surface area contributed by atoms with Gasteiger partial charge >= 0.3 is 0 Å². The van der Waals surface area contributed by atoms with Crippen LogP contribution in [0.5, 0.6) is 0 Å². The summed E-state index contributed by atoms with van der Waals surface area (Å²) in [6.45, 7) is 0. The fourth-order valence-electron chi connectivity index (χ4n) is 1.13. The van der Waals surface area contributed by atoms with Gasteiger partial charge in [-0.1, -0.05) is 0 Å². The summed E-state index contributed by atoms with van der Waals surface area (Å²) in [5.41, 5.74) is 6.32. The number of hydrogen-bond acceptors (Lipinski definition) is 1. The molecule has 0 spiro atoms. The number of nitrogens with two attached hydrogens (primary N) is 1. The molecule has 4 heteroatoms. The Morgan fingerprint density at radius 2 is 2.17 bits per heavy atom. The van der Waals surface area contributed by atoms with Gasteiger partial charge in [-0.15, -0.1) is 0 Å². The molecule has 3 N–H and O–H groups in total. The average Bonchev–Trinajstić information content (AvgIpc) is 2.35. The van der Waals surface area contributed by atoms with Gasteiger partial charge in [-0.2, -0.15) is 0 Å². The lowest BCUT2D eigenvalue weighted by atomic mass is 10.2. The second-order valence-electron chi connectivity index (χ2n) is 2.56. The van der Waals surface area contributed by atoms with Gasteiger partial charge in [-0.3, -0.25) is 0 Å². The Hall–Kier alpha value is -1.03. The summed E-state index contributed by atoms with van der Waals surface area (Å²) in [4.78, 5) is 2.91. The minimum Gasteiger partial charge on any atom is -0.396 e. The zero-order valence-electron chi connectivity index (χ0n) is 6.07. The molecule has 0 radical (unpaired) electrons. The lowest BCUT2D eigenvalue weighted by molar-refractivity contribution is 0.634. The molecule has 0 aliphatic carbocycles. The maximum Gasteiger partial charge on any atom is 0.148 e. The van der Waals surface area contributed by atoms with Crippen LogP contribution in [0.1, 0.15) is 0 Å². The largest absolute Gasteiger partial charge is 0.396 e. The zero-order chi connectivity index (χ0) is 8.72. The monoisotopic (exact) mass is 228 g/mol. The van der Waals surface area contributed by atoms with Crippen LogP contribution in [-0.2, 0) is 0 Å². The average molecular weight is 229 g/mol. The molecule has 2 nitrogen and oxygen atoms in total. The Bertz CT molecular complexity index is 436. The second kappa shape index (κ2) is 2.48. The van der Waals surface area contributed by atoms with E-state index in [1.54, 1.807) is 12.3 Å². The van der Waals surface area contributed by atoms with Gasteiger partial charge in [0.05, 0.1) is 5.69 Å². The SMILES string of the molecule is Nc1cc2c(Br)c[nH]c2cc1F. The number of aromatic nitrogens is 1. The fourth-order valence-corrected chi connectivity index (χ4v) is 1.57. The fraction of sp³-hybridized carbons (Fsp3) is 0. The number of benzene rings is 1. The summed E-state index contributed by atoms with van der Waals surface area (Å²) in [6, 6.07) is 2.99. The number of H-pyrrole nitrogens is 1. The van der Waals surface area contributed by atoms with Crippen molar-refractivity contribution < 1.29 is 4.39 Å². The van der Waals surface area contributed by atoms with E-state index in [9.17, 15) is 4.39 Å². The van der Waals surface area contributed by atoms with Crippen molar-refractivity contribution in [2.75, 3.05) is 5.73 Å². The number of aromatic amines is 1. The number of hydrogen-bond donors (Lipinski definition) is 2. The first-order valence-electron chi connectivity index (χ1n) is 3.40. The van der Waals surface area contributed by atoms with Crippen molar-refractivity contribution in [1.29, 1.82) is 0 Å². The first kappa shape index (κ1) is 7.61. The van der Waals surface area contributed by atoms with Gasteiger partial charge in [0.25, 0.3) is 0 Å². The highest BCUT2D eigenvalue weighted by Crippen LogP contribution is 2.26. The van der Waals surface area contributed by atoms with Gasteiger partial charge in [-0.25, -0.2) is 4.39 Å². The van der Waals surface area contributed by atoms with E-state index >= 15 is 0 Å². The zero-order valence-corrected chi connectivity index (χ0v) is 7.65. The minimum absolute atomic E-state index is 0.169. The quantitative estimate of drug-likeness (QED) is 0.670. The highest BCUT2D eigenvalue weighted by Gasteiger charge is 2.04. The summed E-state index contributed by atoms with van der Waals surface area (Å²) in [5, 5.41) is 0.897. The number of nitrogens with one attached hydrogen (secondary N) is 1. The van der Waals surface area contributed by atoms with Crippen molar-refractivity contribution >= 4 is 32.5 Å². The van der Waals surface area contributed by atoms with Crippen LogP contribution >= 0.6 is 15.9 Å². The summed E-state index contributed by atoms with van der Waals surface area (Å²) < 4.78 is 13.8. The van der Waals surface area contributed by atoms with Crippen molar-refractivity contribution in [3.8, 4) is 0 Å². The molecule has 0 saturated heterocycles. The first-order valence-corrected chi connectivity index (χ1v) is 4.19. The van der Waals surface area contributed by atoms with E-state index in [4.69, 9.17) is 5.73 Å². The number of nitrogen functional groups attached to an aromatic ring is 1. The highest BCUT2D eigenvalue weighted by atomic mass is 79.9. The standard InChI is InChI=1S/C8H6BrFN2/c9-5-3-12-8-2-6(10)7(11)1-4(5)8/h1-3,12H,11H2. The molecule has 0 amide bonds. The van der Waals surface area contributed by atoms with Gasteiger partial charge in [-0.05, 0) is 22.0 Å². The van der Waals surface area contributed by atoms with Gasteiger partial charge in [0.1, 0.15) is 5.82 Å². The van der Waals surface area contributed by atoms with E-state index in [0.717, 1.165) is 15.4 Å². The highest BCUT2D eigenvalue weighted by molar-refractivity contribution is 9.10. The maximum atomic E-state index is 12.9. The number of halogens is 2. The summed E-state index contributed by atoms with van der Waals surface area (Å²) in [7, 11) is 0. The Labute approximate surface area is 76.7 Å². The van der Waals surface area contributed by atoms with Crippen LogP contribution in [0.4, 0.5) is 10.1 Å². The van der Waals surface area contributed by atoms with Crippen LogP contribution in [0.2, 0.25) is 0 Å². The van der Waals surface area contributed by atoms with Crippen LogP contribution in [0.3, 0.4) is 0 Å². The van der Waals surface area contributed by atoms with Gasteiger partial charge in [0.15, 0.2) is 0 Å².